The molecule has 1 aromatic heterocycles. The largest absolute Gasteiger partial charge is 0.481 e. The third-order valence-electron chi connectivity index (χ3n) is 7.01. The SMILES string of the molecule is CC(C)(CC(Cc1ccc(-c2ccccc2)cc1)NC(=O)c1cc(C(=O)N2CCC(O)CC2)[nH]n1)C(=O)O. The van der Waals surface area contributed by atoms with E-state index in [-0.39, 0.29) is 23.7 Å². The first-order valence-corrected chi connectivity index (χ1v) is 12.8. The molecule has 9 nitrogen and oxygen atoms in total. The standard InChI is InChI=1S/C29H34N4O5/c1-29(2,28(37)38)18-22(16-19-8-10-21(11-9-19)20-6-4-3-5-7-20)30-26(35)24-17-25(32-31-24)27(36)33-14-12-23(34)13-15-33/h3-11,17,22-23,34H,12-16,18H2,1-2H3,(H,30,35)(H,31,32)(H,37,38). The first-order chi connectivity index (χ1) is 18.1. The van der Waals surface area contributed by atoms with Gasteiger partial charge in [-0.2, -0.15) is 5.10 Å². The third kappa shape index (κ3) is 6.66. The summed E-state index contributed by atoms with van der Waals surface area (Å²) in [6.07, 6.45) is 1.27. The molecule has 0 aliphatic carbocycles. The summed E-state index contributed by atoms with van der Waals surface area (Å²) >= 11 is 0. The number of rotatable bonds is 9. The minimum Gasteiger partial charge on any atom is -0.481 e. The summed E-state index contributed by atoms with van der Waals surface area (Å²) < 4.78 is 0. The maximum Gasteiger partial charge on any atom is 0.309 e. The number of aromatic nitrogens is 2. The summed E-state index contributed by atoms with van der Waals surface area (Å²) in [5.74, 6) is -1.71. The van der Waals surface area contributed by atoms with Gasteiger partial charge in [-0.3, -0.25) is 19.5 Å². The number of nitrogens with zero attached hydrogens (tertiary/aromatic N) is 2. The van der Waals surface area contributed by atoms with Crippen LogP contribution in [0.4, 0.5) is 0 Å². The summed E-state index contributed by atoms with van der Waals surface area (Å²) in [7, 11) is 0. The molecule has 200 valence electrons. The molecule has 0 saturated carbocycles. The molecule has 0 spiro atoms. The summed E-state index contributed by atoms with van der Waals surface area (Å²) in [5, 5.41) is 29.0. The van der Waals surface area contributed by atoms with Crippen LogP contribution >= 0.6 is 0 Å². The van der Waals surface area contributed by atoms with E-state index in [1.165, 1.54) is 6.07 Å². The van der Waals surface area contributed by atoms with Crippen LogP contribution in [0.3, 0.4) is 0 Å². The molecule has 1 unspecified atom stereocenters. The van der Waals surface area contributed by atoms with Crippen LogP contribution in [0.25, 0.3) is 11.1 Å². The summed E-state index contributed by atoms with van der Waals surface area (Å²) in [6.45, 7) is 4.15. The fraction of sp³-hybridized carbons (Fsp3) is 0.379. The molecule has 1 aliphatic heterocycles. The lowest BCUT2D eigenvalue weighted by Gasteiger charge is -2.29. The molecule has 1 atom stereocenters. The van der Waals surface area contributed by atoms with E-state index in [0.717, 1.165) is 16.7 Å². The number of likely N-dealkylation sites (tertiary alicyclic amines) is 1. The normalized spacial score (nSPS) is 15.2. The van der Waals surface area contributed by atoms with E-state index in [4.69, 9.17) is 0 Å². The van der Waals surface area contributed by atoms with Crippen molar-refractivity contribution in [2.45, 2.75) is 51.7 Å². The minimum absolute atomic E-state index is 0.0583. The number of nitrogens with one attached hydrogen (secondary N) is 2. The molecule has 0 radical (unpaired) electrons. The van der Waals surface area contributed by atoms with Crippen LogP contribution in [-0.4, -0.2) is 68.3 Å². The average Bonchev–Trinajstić information content (AvgIpc) is 3.40. The Kier molecular flexibility index (Phi) is 8.26. The highest BCUT2D eigenvalue weighted by molar-refractivity contribution is 5.97. The molecule has 1 aliphatic rings. The molecule has 2 amide bonds. The van der Waals surface area contributed by atoms with Gasteiger partial charge in [-0.05, 0) is 56.2 Å². The molecule has 0 bridgehead atoms. The number of benzene rings is 2. The van der Waals surface area contributed by atoms with Crippen molar-refractivity contribution in [2.75, 3.05) is 13.1 Å². The molecule has 4 N–H and O–H groups in total. The van der Waals surface area contributed by atoms with Crippen LogP contribution in [-0.2, 0) is 11.2 Å². The van der Waals surface area contributed by atoms with Crippen molar-refractivity contribution in [3.63, 3.8) is 0 Å². The Morgan fingerprint density at radius 2 is 1.68 bits per heavy atom. The highest BCUT2D eigenvalue weighted by Crippen LogP contribution is 2.26. The van der Waals surface area contributed by atoms with Crippen LogP contribution in [0.15, 0.2) is 60.7 Å². The number of carbonyl (C=O) groups excluding carboxylic acids is 2. The van der Waals surface area contributed by atoms with E-state index in [1.54, 1.807) is 18.7 Å². The lowest BCUT2D eigenvalue weighted by molar-refractivity contribution is -0.147. The van der Waals surface area contributed by atoms with Crippen LogP contribution in [0.1, 0.15) is 59.7 Å². The smallest absolute Gasteiger partial charge is 0.309 e. The Balaban J connectivity index is 1.46. The van der Waals surface area contributed by atoms with Gasteiger partial charge in [0.2, 0.25) is 0 Å². The number of hydrogen-bond donors (Lipinski definition) is 4. The second-order valence-electron chi connectivity index (χ2n) is 10.5. The van der Waals surface area contributed by atoms with Gasteiger partial charge in [0.15, 0.2) is 5.69 Å². The number of H-pyrrole nitrogens is 1. The number of carboxylic acids is 1. The zero-order valence-electron chi connectivity index (χ0n) is 21.7. The molecular formula is C29H34N4O5. The Hall–Kier alpha value is -3.98. The first kappa shape index (κ1) is 27.1. The van der Waals surface area contributed by atoms with Gasteiger partial charge in [-0.25, -0.2) is 0 Å². The van der Waals surface area contributed by atoms with Gasteiger partial charge in [0.25, 0.3) is 11.8 Å². The van der Waals surface area contributed by atoms with Crippen molar-refractivity contribution in [1.82, 2.24) is 20.4 Å². The number of piperidine rings is 1. The predicted molar refractivity (Wildman–Crippen MR) is 143 cm³/mol. The Morgan fingerprint density at radius 3 is 2.32 bits per heavy atom. The zero-order chi connectivity index (χ0) is 27.3. The van der Waals surface area contributed by atoms with Crippen molar-refractivity contribution < 1.29 is 24.6 Å². The number of carboxylic acid groups (broad SMARTS) is 1. The van der Waals surface area contributed by atoms with E-state index in [0.29, 0.717) is 32.4 Å². The van der Waals surface area contributed by atoms with Crippen LogP contribution < -0.4 is 5.32 Å². The van der Waals surface area contributed by atoms with E-state index in [1.807, 2.05) is 54.6 Å². The van der Waals surface area contributed by atoms with Gasteiger partial charge < -0.3 is 20.4 Å². The number of aliphatic carboxylic acids is 1. The summed E-state index contributed by atoms with van der Waals surface area (Å²) in [6, 6.07) is 18.9. The molecule has 38 heavy (non-hydrogen) atoms. The van der Waals surface area contributed by atoms with Crippen LogP contribution in [0.2, 0.25) is 0 Å². The van der Waals surface area contributed by atoms with Crippen molar-refractivity contribution >= 4 is 17.8 Å². The minimum atomic E-state index is -1.06. The number of aromatic amines is 1. The number of aliphatic hydroxyl groups excluding tert-OH is 1. The van der Waals surface area contributed by atoms with Gasteiger partial charge in [-0.1, -0.05) is 54.6 Å². The zero-order valence-corrected chi connectivity index (χ0v) is 21.7. The molecule has 2 aromatic carbocycles. The van der Waals surface area contributed by atoms with Crippen molar-refractivity contribution in [3.8, 4) is 11.1 Å². The second-order valence-corrected chi connectivity index (χ2v) is 10.5. The number of carbonyl (C=O) groups is 3. The van der Waals surface area contributed by atoms with Crippen LogP contribution in [0, 0.1) is 5.41 Å². The maximum absolute atomic E-state index is 13.1. The van der Waals surface area contributed by atoms with Gasteiger partial charge in [0.1, 0.15) is 5.69 Å². The molecule has 4 rings (SSSR count). The topological polar surface area (TPSA) is 136 Å². The van der Waals surface area contributed by atoms with E-state index in [9.17, 15) is 24.6 Å². The fourth-order valence-corrected chi connectivity index (χ4v) is 4.67. The van der Waals surface area contributed by atoms with E-state index >= 15 is 0 Å². The number of hydrogen-bond acceptors (Lipinski definition) is 5. The highest BCUT2D eigenvalue weighted by atomic mass is 16.4. The van der Waals surface area contributed by atoms with Gasteiger partial charge >= 0.3 is 5.97 Å². The lowest BCUT2D eigenvalue weighted by atomic mass is 9.83. The molecule has 3 aromatic rings. The molecule has 1 fully saturated rings. The van der Waals surface area contributed by atoms with Gasteiger partial charge in [0.05, 0.1) is 11.5 Å². The monoisotopic (exact) mass is 518 g/mol. The number of amides is 2. The summed E-state index contributed by atoms with van der Waals surface area (Å²) in [4.78, 5) is 39.3. The van der Waals surface area contributed by atoms with Gasteiger partial charge in [-0.15, -0.1) is 0 Å². The maximum atomic E-state index is 13.1. The van der Waals surface area contributed by atoms with E-state index < -0.39 is 29.4 Å². The van der Waals surface area contributed by atoms with Crippen molar-refractivity contribution in [2.24, 2.45) is 5.41 Å². The van der Waals surface area contributed by atoms with Crippen molar-refractivity contribution in [1.29, 1.82) is 0 Å². The Bertz CT molecular complexity index is 1260. The lowest BCUT2D eigenvalue weighted by Crippen LogP contribution is -2.41. The fourth-order valence-electron chi connectivity index (χ4n) is 4.67. The van der Waals surface area contributed by atoms with Crippen molar-refractivity contribution in [3.05, 3.63) is 77.6 Å². The average molecular weight is 519 g/mol. The summed E-state index contributed by atoms with van der Waals surface area (Å²) in [5.41, 5.74) is 2.32. The van der Waals surface area contributed by atoms with Crippen LogP contribution in [0.5, 0.6) is 0 Å². The second kappa shape index (κ2) is 11.6. The first-order valence-electron chi connectivity index (χ1n) is 12.8. The highest BCUT2D eigenvalue weighted by Gasteiger charge is 2.32. The molecule has 9 heteroatoms. The van der Waals surface area contributed by atoms with Gasteiger partial charge in [0, 0.05) is 25.2 Å². The molecule has 2 heterocycles. The predicted octanol–water partition coefficient (Wildman–Crippen LogP) is 3.52. The quantitative estimate of drug-likeness (QED) is 0.342. The molecular weight excluding hydrogens is 484 g/mol. The van der Waals surface area contributed by atoms with E-state index in [2.05, 4.69) is 15.5 Å². The third-order valence-corrected chi connectivity index (χ3v) is 7.01. The Labute approximate surface area is 221 Å². The number of aliphatic hydroxyl groups is 1. The molecule has 1 saturated heterocycles. The Morgan fingerprint density at radius 1 is 1.05 bits per heavy atom.